The maximum absolute atomic E-state index is 6.00. The van der Waals surface area contributed by atoms with Gasteiger partial charge in [-0.2, -0.15) is 0 Å². The van der Waals surface area contributed by atoms with E-state index >= 15 is 0 Å². The van der Waals surface area contributed by atoms with E-state index in [2.05, 4.69) is 22.9 Å². The molecule has 2 nitrogen and oxygen atoms in total. The van der Waals surface area contributed by atoms with Gasteiger partial charge in [0.15, 0.2) is 0 Å². The Labute approximate surface area is 87.4 Å². The van der Waals surface area contributed by atoms with Crippen LogP contribution in [0, 0.1) is 5.92 Å². The minimum atomic E-state index is 0.0399. The summed E-state index contributed by atoms with van der Waals surface area (Å²) in [5.41, 5.74) is 12.7. The van der Waals surface area contributed by atoms with Crippen LogP contribution in [-0.2, 0) is 0 Å². The molecule has 0 saturated carbocycles. The highest BCUT2D eigenvalue weighted by Gasteiger charge is 2.12. The van der Waals surface area contributed by atoms with Gasteiger partial charge in [-0.1, -0.05) is 35.0 Å². The molecular formula is C10H15BrN2. The summed E-state index contributed by atoms with van der Waals surface area (Å²) in [5.74, 6) is 0.321. The fraction of sp³-hybridized carbons (Fsp3) is 0.400. The van der Waals surface area contributed by atoms with Crippen molar-refractivity contribution < 1.29 is 0 Å². The van der Waals surface area contributed by atoms with Crippen molar-refractivity contribution in [2.75, 3.05) is 6.54 Å². The molecular weight excluding hydrogens is 228 g/mol. The van der Waals surface area contributed by atoms with Crippen LogP contribution in [0.5, 0.6) is 0 Å². The molecule has 0 fully saturated rings. The average molecular weight is 243 g/mol. The number of hydrogen-bond donors (Lipinski definition) is 2. The van der Waals surface area contributed by atoms with E-state index in [4.69, 9.17) is 11.5 Å². The van der Waals surface area contributed by atoms with E-state index in [1.54, 1.807) is 0 Å². The number of hydrogen-bond acceptors (Lipinski definition) is 2. The van der Waals surface area contributed by atoms with Gasteiger partial charge in [-0.15, -0.1) is 0 Å². The van der Waals surface area contributed by atoms with E-state index < -0.39 is 0 Å². The molecule has 13 heavy (non-hydrogen) atoms. The summed E-state index contributed by atoms with van der Waals surface area (Å²) in [5, 5.41) is 0. The standard InChI is InChI=1S/C10H15BrN2/c1-7(6-12)10(13)8-2-4-9(11)5-3-8/h2-5,7,10H,6,12-13H2,1H3. The Hall–Kier alpha value is -0.380. The molecule has 0 amide bonds. The zero-order valence-corrected chi connectivity index (χ0v) is 9.29. The summed E-state index contributed by atoms with van der Waals surface area (Å²) in [6.07, 6.45) is 0. The van der Waals surface area contributed by atoms with E-state index in [-0.39, 0.29) is 6.04 Å². The Bertz CT molecular complexity index is 258. The largest absolute Gasteiger partial charge is 0.330 e. The van der Waals surface area contributed by atoms with Gasteiger partial charge in [-0.3, -0.25) is 0 Å². The van der Waals surface area contributed by atoms with Crippen LogP contribution in [0.1, 0.15) is 18.5 Å². The fourth-order valence-corrected chi connectivity index (χ4v) is 1.42. The molecule has 0 aliphatic rings. The molecule has 3 heteroatoms. The van der Waals surface area contributed by atoms with Gasteiger partial charge < -0.3 is 11.5 Å². The summed E-state index contributed by atoms with van der Waals surface area (Å²) in [7, 11) is 0. The lowest BCUT2D eigenvalue weighted by Crippen LogP contribution is -2.25. The molecule has 0 heterocycles. The highest BCUT2D eigenvalue weighted by molar-refractivity contribution is 9.10. The minimum Gasteiger partial charge on any atom is -0.330 e. The van der Waals surface area contributed by atoms with Crippen LogP contribution >= 0.6 is 15.9 Å². The van der Waals surface area contributed by atoms with E-state index in [0.717, 1.165) is 10.0 Å². The number of rotatable bonds is 3. The molecule has 0 aliphatic heterocycles. The summed E-state index contributed by atoms with van der Waals surface area (Å²) >= 11 is 3.38. The van der Waals surface area contributed by atoms with Crippen LogP contribution in [0.15, 0.2) is 28.7 Å². The molecule has 0 spiro atoms. The van der Waals surface area contributed by atoms with Crippen LogP contribution < -0.4 is 11.5 Å². The molecule has 0 radical (unpaired) electrons. The molecule has 0 bridgehead atoms. The fourth-order valence-electron chi connectivity index (χ4n) is 1.16. The molecule has 1 rings (SSSR count). The Kier molecular flexibility index (Phi) is 3.90. The summed E-state index contributed by atoms with van der Waals surface area (Å²) in [6, 6.07) is 8.09. The van der Waals surface area contributed by atoms with Gasteiger partial charge in [0.25, 0.3) is 0 Å². The molecule has 0 saturated heterocycles. The Morgan fingerprint density at radius 1 is 1.31 bits per heavy atom. The van der Waals surface area contributed by atoms with Crippen molar-refractivity contribution >= 4 is 15.9 Å². The lowest BCUT2D eigenvalue weighted by Gasteiger charge is -2.18. The predicted octanol–water partition coefficient (Wildman–Crippen LogP) is 2.04. The quantitative estimate of drug-likeness (QED) is 0.853. The minimum absolute atomic E-state index is 0.0399. The zero-order chi connectivity index (χ0) is 9.84. The van der Waals surface area contributed by atoms with E-state index in [1.807, 2.05) is 24.3 Å². The number of halogens is 1. The first kappa shape index (κ1) is 10.7. The second-order valence-electron chi connectivity index (χ2n) is 3.29. The molecule has 4 N–H and O–H groups in total. The smallest absolute Gasteiger partial charge is 0.0332 e. The summed E-state index contributed by atoms with van der Waals surface area (Å²) in [6.45, 7) is 2.68. The lowest BCUT2D eigenvalue weighted by molar-refractivity contribution is 0.481. The first-order valence-corrected chi connectivity index (χ1v) is 5.15. The van der Waals surface area contributed by atoms with Gasteiger partial charge in [-0.25, -0.2) is 0 Å². The lowest BCUT2D eigenvalue weighted by atomic mass is 9.96. The molecule has 2 unspecified atom stereocenters. The SMILES string of the molecule is CC(CN)C(N)c1ccc(Br)cc1. The predicted molar refractivity (Wildman–Crippen MR) is 59.3 cm³/mol. The second-order valence-corrected chi connectivity index (χ2v) is 4.21. The highest BCUT2D eigenvalue weighted by atomic mass is 79.9. The normalized spacial score (nSPS) is 15.4. The van der Waals surface area contributed by atoms with E-state index in [0.29, 0.717) is 12.5 Å². The van der Waals surface area contributed by atoms with E-state index in [1.165, 1.54) is 0 Å². The number of benzene rings is 1. The summed E-state index contributed by atoms with van der Waals surface area (Å²) in [4.78, 5) is 0. The Morgan fingerprint density at radius 2 is 1.85 bits per heavy atom. The Morgan fingerprint density at radius 3 is 2.31 bits per heavy atom. The van der Waals surface area contributed by atoms with Crippen LogP contribution in [-0.4, -0.2) is 6.54 Å². The van der Waals surface area contributed by atoms with Crippen molar-refractivity contribution in [3.05, 3.63) is 34.3 Å². The molecule has 1 aromatic carbocycles. The van der Waals surface area contributed by atoms with Gasteiger partial charge in [0, 0.05) is 10.5 Å². The average Bonchev–Trinajstić information content (AvgIpc) is 2.17. The van der Waals surface area contributed by atoms with Crippen molar-refractivity contribution in [2.45, 2.75) is 13.0 Å². The van der Waals surface area contributed by atoms with Gasteiger partial charge in [0.2, 0.25) is 0 Å². The van der Waals surface area contributed by atoms with Gasteiger partial charge in [0.05, 0.1) is 0 Å². The first-order chi connectivity index (χ1) is 6.15. The molecule has 0 aliphatic carbocycles. The number of nitrogens with two attached hydrogens (primary N) is 2. The van der Waals surface area contributed by atoms with Crippen molar-refractivity contribution in [3.63, 3.8) is 0 Å². The van der Waals surface area contributed by atoms with Crippen LogP contribution in [0.2, 0.25) is 0 Å². The topological polar surface area (TPSA) is 52.0 Å². The monoisotopic (exact) mass is 242 g/mol. The second kappa shape index (κ2) is 4.74. The molecule has 72 valence electrons. The highest BCUT2D eigenvalue weighted by Crippen LogP contribution is 2.20. The molecule has 0 aromatic heterocycles. The molecule has 1 aromatic rings. The summed E-state index contributed by atoms with van der Waals surface area (Å²) < 4.78 is 1.07. The van der Waals surface area contributed by atoms with Crippen molar-refractivity contribution in [3.8, 4) is 0 Å². The molecule has 2 atom stereocenters. The van der Waals surface area contributed by atoms with Gasteiger partial charge in [0.1, 0.15) is 0 Å². The maximum Gasteiger partial charge on any atom is 0.0332 e. The third-order valence-electron chi connectivity index (χ3n) is 2.24. The van der Waals surface area contributed by atoms with Gasteiger partial charge >= 0.3 is 0 Å². The van der Waals surface area contributed by atoms with Crippen molar-refractivity contribution in [1.82, 2.24) is 0 Å². The third kappa shape index (κ3) is 2.79. The van der Waals surface area contributed by atoms with Gasteiger partial charge in [-0.05, 0) is 30.2 Å². The third-order valence-corrected chi connectivity index (χ3v) is 2.77. The Balaban J connectivity index is 2.77. The van der Waals surface area contributed by atoms with Crippen LogP contribution in [0.4, 0.5) is 0 Å². The van der Waals surface area contributed by atoms with E-state index in [9.17, 15) is 0 Å². The first-order valence-electron chi connectivity index (χ1n) is 4.36. The maximum atomic E-state index is 6.00. The van der Waals surface area contributed by atoms with Crippen LogP contribution in [0.25, 0.3) is 0 Å². The van der Waals surface area contributed by atoms with Crippen LogP contribution in [0.3, 0.4) is 0 Å². The zero-order valence-electron chi connectivity index (χ0n) is 7.70. The van der Waals surface area contributed by atoms with Crippen molar-refractivity contribution in [2.24, 2.45) is 17.4 Å². The van der Waals surface area contributed by atoms with Crippen molar-refractivity contribution in [1.29, 1.82) is 0 Å².